The largest absolute Gasteiger partial charge is 0.328 e. The minimum absolute atomic E-state index is 0.135. The zero-order chi connectivity index (χ0) is 13.0. The fourth-order valence-electron chi connectivity index (χ4n) is 1.42. The van der Waals surface area contributed by atoms with Crippen LogP contribution in [0.2, 0.25) is 0 Å². The Balaban J connectivity index is 3.97. The van der Waals surface area contributed by atoms with Gasteiger partial charge in [-0.1, -0.05) is 20.8 Å². The van der Waals surface area contributed by atoms with Gasteiger partial charge in [0.05, 0.1) is 32.9 Å². The molecule has 0 fully saturated rings. The number of rotatable bonds is 6. The van der Waals surface area contributed by atoms with Crippen molar-refractivity contribution in [1.82, 2.24) is 0 Å². The molecule has 0 saturated heterocycles. The molecule has 0 aromatic heterocycles. The highest BCUT2D eigenvalue weighted by molar-refractivity contribution is 7.85. The molecule has 0 atom stereocenters. The van der Waals surface area contributed by atoms with Gasteiger partial charge in [-0.15, -0.1) is 0 Å². The first kappa shape index (κ1) is 15.9. The van der Waals surface area contributed by atoms with Gasteiger partial charge in [-0.2, -0.15) is 8.42 Å². The first-order valence-corrected chi connectivity index (χ1v) is 7.29. The van der Waals surface area contributed by atoms with Gasteiger partial charge in [-0.05, 0) is 5.41 Å². The fraction of sp³-hybridized carbons (Fsp3) is 1.00. The maximum absolute atomic E-state index is 10.6. The Labute approximate surface area is 100.0 Å². The van der Waals surface area contributed by atoms with Crippen LogP contribution in [0.15, 0.2) is 0 Å². The molecule has 98 valence electrons. The highest BCUT2D eigenvalue weighted by Gasteiger charge is 2.20. The van der Waals surface area contributed by atoms with Crippen LogP contribution in [0, 0.1) is 5.41 Å². The number of quaternary nitrogens is 1. The van der Waals surface area contributed by atoms with Crippen LogP contribution in [0.4, 0.5) is 0 Å². The molecule has 16 heavy (non-hydrogen) atoms. The zero-order valence-electron chi connectivity index (χ0n) is 11.2. The van der Waals surface area contributed by atoms with Crippen LogP contribution in [-0.4, -0.2) is 50.4 Å². The molecule has 5 heteroatoms. The SMILES string of the molecule is CC(C)(C)CC[N+](C)(C)CCCS(=O)(=O)O. The topological polar surface area (TPSA) is 54.4 Å². The molecule has 0 unspecified atom stereocenters. The van der Waals surface area contributed by atoms with Crippen LogP contribution < -0.4 is 0 Å². The van der Waals surface area contributed by atoms with Crippen LogP contribution in [0.1, 0.15) is 33.6 Å². The van der Waals surface area contributed by atoms with Gasteiger partial charge in [0, 0.05) is 12.8 Å². The van der Waals surface area contributed by atoms with E-state index in [1.807, 2.05) is 0 Å². The van der Waals surface area contributed by atoms with Gasteiger partial charge >= 0.3 is 0 Å². The van der Waals surface area contributed by atoms with E-state index in [9.17, 15) is 8.42 Å². The highest BCUT2D eigenvalue weighted by Crippen LogP contribution is 2.20. The van der Waals surface area contributed by atoms with Crippen LogP contribution in [-0.2, 0) is 10.1 Å². The normalized spacial score (nSPS) is 14.1. The number of nitrogens with zero attached hydrogens (tertiary/aromatic N) is 1. The predicted molar refractivity (Wildman–Crippen MR) is 66.9 cm³/mol. The first-order valence-electron chi connectivity index (χ1n) is 5.69. The second-order valence-electron chi connectivity index (χ2n) is 6.33. The summed E-state index contributed by atoms with van der Waals surface area (Å²) in [6.45, 7) is 8.40. The molecule has 0 heterocycles. The van der Waals surface area contributed by atoms with E-state index in [1.165, 1.54) is 0 Å². The van der Waals surface area contributed by atoms with E-state index < -0.39 is 10.1 Å². The van der Waals surface area contributed by atoms with Gasteiger partial charge in [0.1, 0.15) is 0 Å². The minimum Gasteiger partial charge on any atom is -0.328 e. The lowest BCUT2D eigenvalue weighted by Gasteiger charge is -2.32. The maximum Gasteiger partial charge on any atom is 0.265 e. The van der Waals surface area contributed by atoms with Gasteiger partial charge < -0.3 is 4.48 Å². The predicted octanol–water partition coefficient (Wildman–Crippen LogP) is 1.78. The third-order valence-electron chi connectivity index (χ3n) is 2.63. The van der Waals surface area contributed by atoms with E-state index in [0.717, 1.165) is 24.0 Å². The molecule has 0 spiro atoms. The highest BCUT2D eigenvalue weighted by atomic mass is 32.2. The Morgan fingerprint density at radius 2 is 1.62 bits per heavy atom. The van der Waals surface area contributed by atoms with Crippen molar-refractivity contribution in [3.8, 4) is 0 Å². The molecule has 0 aliphatic rings. The van der Waals surface area contributed by atoms with Crippen molar-refractivity contribution >= 4 is 10.1 Å². The van der Waals surface area contributed by atoms with Gasteiger partial charge in [0.2, 0.25) is 0 Å². The minimum atomic E-state index is -3.80. The van der Waals surface area contributed by atoms with Crippen molar-refractivity contribution in [2.24, 2.45) is 5.41 Å². The summed E-state index contributed by atoms with van der Waals surface area (Å²) in [6.07, 6.45) is 1.61. The summed E-state index contributed by atoms with van der Waals surface area (Å²) >= 11 is 0. The molecule has 0 radical (unpaired) electrons. The average molecular weight is 252 g/mol. The van der Waals surface area contributed by atoms with Crippen molar-refractivity contribution in [3.05, 3.63) is 0 Å². The Kier molecular flexibility index (Phi) is 5.42. The summed E-state index contributed by atoms with van der Waals surface area (Å²) in [4.78, 5) is 0. The van der Waals surface area contributed by atoms with Gasteiger partial charge in [-0.25, -0.2) is 0 Å². The molecule has 4 nitrogen and oxygen atoms in total. The van der Waals surface area contributed by atoms with Crippen molar-refractivity contribution in [3.63, 3.8) is 0 Å². The Morgan fingerprint density at radius 1 is 1.12 bits per heavy atom. The van der Waals surface area contributed by atoms with Crippen LogP contribution in [0.5, 0.6) is 0 Å². The lowest BCUT2D eigenvalue weighted by atomic mass is 9.92. The van der Waals surface area contributed by atoms with E-state index in [2.05, 4.69) is 34.9 Å². The Morgan fingerprint density at radius 3 is 2.00 bits per heavy atom. The molecular weight excluding hydrogens is 226 g/mol. The molecule has 0 aromatic rings. The van der Waals surface area contributed by atoms with Crippen LogP contribution >= 0.6 is 0 Å². The van der Waals surface area contributed by atoms with Gasteiger partial charge in [0.15, 0.2) is 0 Å². The first-order chi connectivity index (χ1) is 6.91. The lowest BCUT2D eigenvalue weighted by molar-refractivity contribution is -0.891. The van der Waals surface area contributed by atoms with E-state index in [0.29, 0.717) is 11.8 Å². The second kappa shape index (κ2) is 5.47. The molecule has 1 N–H and O–H groups in total. The molecular formula is C11H26NO3S+. The summed E-state index contributed by atoms with van der Waals surface area (Å²) in [5, 5.41) is 0. The summed E-state index contributed by atoms with van der Waals surface area (Å²) in [7, 11) is 0.386. The molecule has 0 saturated carbocycles. The van der Waals surface area contributed by atoms with Crippen molar-refractivity contribution in [2.75, 3.05) is 32.9 Å². The smallest absolute Gasteiger partial charge is 0.265 e. The Bertz CT molecular complexity index is 302. The van der Waals surface area contributed by atoms with Gasteiger partial charge in [-0.3, -0.25) is 4.55 Å². The van der Waals surface area contributed by atoms with Crippen LogP contribution in [0.25, 0.3) is 0 Å². The quantitative estimate of drug-likeness (QED) is 0.579. The van der Waals surface area contributed by atoms with Crippen LogP contribution in [0.3, 0.4) is 0 Å². The molecule has 0 amide bonds. The fourth-order valence-corrected chi connectivity index (χ4v) is 1.92. The zero-order valence-corrected chi connectivity index (χ0v) is 12.0. The third kappa shape index (κ3) is 10.4. The summed E-state index contributed by atoms with van der Waals surface area (Å²) in [5.74, 6) is -0.135. The maximum atomic E-state index is 10.6. The molecule has 0 rings (SSSR count). The van der Waals surface area contributed by atoms with E-state index in [1.54, 1.807) is 0 Å². The lowest BCUT2D eigenvalue weighted by Crippen LogP contribution is -2.43. The monoisotopic (exact) mass is 252 g/mol. The summed E-state index contributed by atoms with van der Waals surface area (Å²) < 4.78 is 30.6. The second-order valence-corrected chi connectivity index (χ2v) is 7.91. The molecule has 0 aliphatic heterocycles. The number of hydrogen-bond donors (Lipinski definition) is 1. The van der Waals surface area contributed by atoms with E-state index in [4.69, 9.17) is 4.55 Å². The summed E-state index contributed by atoms with van der Waals surface area (Å²) in [5.41, 5.74) is 0.304. The van der Waals surface area contributed by atoms with Crippen molar-refractivity contribution < 1.29 is 17.5 Å². The van der Waals surface area contributed by atoms with Crippen molar-refractivity contribution in [1.29, 1.82) is 0 Å². The molecule has 0 bridgehead atoms. The summed E-state index contributed by atoms with van der Waals surface area (Å²) in [6, 6.07) is 0. The van der Waals surface area contributed by atoms with E-state index >= 15 is 0 Å². The Hall–Kier alpha value is -0.130. The van der Waals surface area contributed by atoms with Crippen molar-refractivity contribution in [2.45, 2.75) is 33.6 Å². The number of hydrogen-bond acceptors (Lipinski definition) is 2. The third-order valence-corrected chi connectivity index (χ3v) is 3.44. The van der Waals surface area contributed by atoms with E-state index in [-0.39, 0.29) is 5.75 Å². The average Bonchev–Trinajstić information content (AvgIpc) is 1.97. The molecule has 0 aliphatic carbocycles. The molecule has 0 aromatic carbocycles. The standard InChI is InChI=1S/C11H25NO3S/c1-11(2,3)7-9-12(4,5)8-6-10-16(13,14)15/h6-10H2,1-5H3/p+1. The van der Waals surface area contributed by atoms with Gasteiger partial charge in [0.25, 0.3) is 10.1 Å².